The van der Waals surface area contributed by atoms with Crippen LogP contribution in [-0.2, 0) is 4.79 Å². The summed E-state index contributed by atoms with van der Waals surface area (Å²) in [6, 6.07) is 7.52. The molecule has 1 fully saturated rings. The Labute approximate surface area is 149 Å². The monoisotopic (exact) mass is 343 g/mol. The Balaban J connectivity index is 2.20. The van der Waals surface area contributed by atoms with Crippen LogP contribution in [0.15, 0.2) is 30.0 Å². The van der Waals surface area contributed by atoms with Gasteiger partial charge < -0.3 is 19.7 Å². The van der Waals surface area contributed by atoms with Crippen LogP contribution in [-0.4, -0.2) is 37.6 Å². The van der Waals surface area contributed by atoms with Crippen LogP contribution in [0.5, 0.6) is 11.5 Å². The van der Waals surface area contributed by atoms with Gasteiger partial charge in [-0.15, -0.1) is 0 Å². The molecule has 25 heavy (non-hydrogen) atoms. The highest BCUT2D eigenvalue weighted by molar-refractivity contribution is 6.07. The number of hydrogen-bond donors (Lipinski definition) is 1. The first-order chi connectivity index (χ1) is 12.1. The highest BCUT2D eigenvalue weighted by atomic mass is 16.5. The van der Waals surface area contributed by atoms with Crippen LogP contribution in [0, 0.1) is 11.3 Å². The van der Waals surface area contributed by atoms with Gasteiger partial charge in [0.05, 0.1) is 19.9 Å². The fraction of sp³-hybridized carbons (Fsp3) is 0.474. The van der Waals surface area contributed by atoms with Gasteiger partial charge >= 0.3 is 0 Å². The van der Waals surface area contributed by atoms with Crippen LogP contribution in [0.4, 0.5) is 5.69 Å². The fourth-order valence-corrected chi connectivity index (χ4v) is 3.04. The van der Waals surface area contributed by atoms with Crippen molar-refractivity contribution in [3.63, 3.8) is 0 Å². The SMILES string of the molecule is CCC1CCCCN1/C=C(/C#N)C(=O)Nc1cc(OC)ccc1OC. The molecule has 0 bridgehead atoms. The Kier molecular flexibility index (Phi) is 6.70. The fourth-order valence-electron chi connectivity index (χ4n) is 3.04. The van der Waals surface area contributed by atoms with E-state index >= 15 is 0 Å². The zero-order valence-electron chi connectivity index (χ0n) is 15.0. The first kappa shape index (κ1) is 18.7. The van der Waals surface area contributed by atoms with Crippen molar-refractivity contribution in [2.24, 2.45) is 0 Å². The Bertz CT molecular complexity index is 679. The predicted octanol–water partition coefficient (Wildman–Crippen LogP) is 3.31. The van der Waals surface area contributed by atoms with E-state index in [1.165, 1.54) is 13.5 Å². The van der Waals surface area contributed by atoms with Gasteiger partial charge in [-0.1, -0.05) is 6.92 Å². The third kappa shape index (κ3) is 4.66. The number of nitriles is 1. The topological polar surface area (TPSA) is 74.6 Å². The summed E-state index contributed by atoms with van der Waals surface area (Å²) in [5.41, 5.74) is 0.559. The number of nitrogens with one attached hydrogen (secondary N) is 1. The second kappa shape index (κ2) is 8.97. The van der Waals surface area contributed by atoms with Crippen LogP contribution in [0.2, 0.25) is 0 Å². The molecule has 6 nitrogen and oxygen atoms in total. The van der Waals surface area contributed by atoms with Crippen LogP contribution in [0.3, 0.4) is 0 Å². The van der Waals surface area contributed by atoms with Gasteiger partial charge in [0.25, 0.3) is 5.91 Å². The summed E-state index contributed by atoms with van der Waals surface area (Å²) in [6.45, 7) is 3.00. The van der Waals surface area contributed by atoms with E-state index < -0.39 is 5.91 Å². The van der Waals surface area contributed by atoms with E-state index in [1.54, 1.807) is 31.5 Å². The molecule has 1 aliphatic rings. The lowest BCUT2D eigenvalue weighted by Crippen LogP contribution is -2.35. The second-order valence-electron chi connectivity index (χ2n) is 5.97. The van der Waals surface area contributed by atoms with Crippen molar-refractivity contribution < 1.29 is 14.3 Å². The maximum absolute atomic E-state index is 12.6. The minimum atomic E-state index is -0.450. The molecule has 1 heterocycles. The number of methoxy groups -OCH3 is 2. The molecule has 0 aromatic heterocycles. The quantitative estimate of drug-likeness (QED) is 0.633. The number of anilines is 1. The van der Waals surface area contributed by atoms with E-state index in [1.807, 2.05) is 6.07 Å². The lowest BCUT2D eigenvalue weighted by atomic mass is 10.0. The summed E-state index contributed by atoms with van der Waals surface area (Å²) in [5.74, 6) is 0.658. The molecule has 1 amide bonds. The number of nitrogens with zero attached hydrogens (tertiary/aromatic N) is 2. The normalized spacial score (nSPS) is 17.6. The number of ether oxygens (including phenoxy) is 2. The molecule has 1 atom stereocenters. The van der Waals surface area contributed by atoms with Crippen molar-refractivity contribution in [2.75, 3.05) is 26.1 Å². The van der Waals surface area contributed by atoms with Crippen molar-refractivity contribution in [1.29, 1.82) is 5.26 Å². The molecule has 0 radical (unpaired) electrons. The highest BCUT2D eigenvalue weighted by Gasteiger charge is 2.21. The zero-order valence-corrected chi connectivity index (χ0v) is 15.0. The maximum atomic E-state index is 12.6. The number of benzene rings is 1. The first-order valence-electron chi connectivity index (χ1n) is 8.54. The van der Waals surface area contributed by atoms with Gasteiger partial charge in [-0.05, 0) is 37.8 Å². The molecule has 1 saturated heterocycles. The van der Waals surface area contributed by atoms with Crippen LogP contribution in [0.25, 0.3) is 0 Å². The molecule has 0 aliphatic carbocycles. The molecule has 1 aromatic rings. The average Bonchev–Trinajstić information content (AvgIpc) is 2.66. The summed E-state index contributed by atoms with van der Waals surface area (Å²) >= 11 is 0. The lowest BCUT2D eigenvalue weighted by Gasteiger charge is -2.34. The van der Waals surface area contributed by atoms with E-state index in [2.05, 4.69) is 17.1 Å². The third-order valence-corrected chi connectivity index (χ3v) is 4.46. The number of piperidine rings is 1. The summed E-state index contributed by atoms with van der Waals surface area (Å²) in [6.07, 6.45) is 6.06. The summed E-state index contributed by atoms with van der Waals surface area (Å²) in [7, 11) is 3.08. The largest absolute Gasteiger partial charge is 0.497 e. The summed E-state index contributed by atoms with van der Waals surface area (Å²) < 4.78 is 10.4. The number of rotatable bonds is 6. The van der Waals surface area contributed by atoms with E-state index in [-0.39, 0.29) is 5.57 Å². The van der Waals surface area contributed by atoms with Gasteiger partial charge in [-0.3, -0.25) is 4.79 Å². The predicted molar refractivity (Wildman–Crippen MR) is 96.5 cm³/mol. The number of likely N-dealkylation sites (tertiary alicyclic amines) is 1. The van der Waals surface area contributed by atoms with Crippen molar-refractivity contribution in [2.45, 2.75) is 38.6 Å². The van der Waals surface area contributed by atoms with E-state index in [9.17, 15) is 10.1 Å². The van der Waals surface area contributed by atoms with Gasteiger partial charge in [0, 0.05) is 24.9 Å². The van der Waals surface area contributed by atoms with Gasteiger partial charge in [-0.2, -0.15) is 5.26 Å². The molecule has 2 rings (SSSR count). The van der Waals surface area contributed by atoms with Crippen molar-refractivity contribution in [3.05, 3.63) is 30.0 Å². The average molecular weight is 343 g/mol. The van der Waals surface area contributed by atoms with E-state index in [4.69, 9.17) is 9.47 Å². The molecule has 1 aliphatic heterocycles. The number of amides is 1. The Morgan fingerprint density at radius 1 is 1.40 bits per heavy atom. The van der Waals surface area contributed by atoms with Gasteiger partial charge in [0.15, 0.2) is 0 Å². The van der Waals surface area contributed by atoms with Crippen LogP contribution >= 0.6 is 0 Å². The molecular weight excluding hydrogens is 318 g/mol. The Morgan fingerprint density at radius 2 is 2.20 bits per heavy atom. The summed E-state index contributed by atoms with van der Waals surface area (Å²) in [5, 5.41) is 12.2. The highest BCUT2D eigenvalue weighted by Crippen LogP contribution is 2.29. The lowest BCUT2D eigenvalue weighted by molar-refractivity contribution is -0.112. The Hall–Kier alpha value is -2.68. The van der Waals surface area contributed by atoms with E-state index in [0.29, 0.717) is 23.2 Å². The van der Waals surface area contributed by atoms with Crippen molar-refractivity contribution >= 4 is 11.6 Å². The number of hydrogen-bond acceptors (Lipinski definition) is 5. The molecule has 1 unspecified atom stereocenters. The van der Waals surface area contributed by atoms with Gasteiger partial charge in [0.1, 0.15) is 23.1 Å². The molecule has 0 saturated carbocycles. The van der Waals surface area contributed by atoms with Crippen molar-refractivity contribution in [3.8, 4) is 17.6 Å². The van der Waals surface area contributed by atoms with E-state index in [0.717, 1.165) is 25.8 Å². The third-order valence-electron chi connectivity index (χ3n) is 4.46. The number of carbonyl (C=O) groups excluding carboxylic acids is 1. The van der Waals surface area contributed by atoms with Gasteiger partial charge in [-0.25, -0.2) is 0 Å². The smallest absolute Gasteiger partial charge is 0.267 e. The minimum Gasteiger partial charge on any atom is -0.497 e. The molecule has 0 spiro atoms. The molecule has 1 N–H and O–H groups in total. The molecular formula is C19H25N3O3. The van der Waals surface area contributed by atoms with Crippen LogP contribution in [0.1, 0.15) is 32.6 Å². The number of carbonyl (C=O) groups is 1. The maximum Gasteiger partial charge on any atom is 0.267 e. The first-order valence-corrected chi connectivity index (χ1v) is 8.54. The molecule has 1 aromatic carbocycles. The van der Waals surface area contributed by atoms with Crippen molar-refractivity contribution in [1.82, 2.24) is 4.90 Å². The van der Waals surface area contributed by atoms with Crippen LogP contribution < -0.4 is 14.8 Å². The minimum absolute atomic E-state index is 0.0882. The summed E-state index contributed by atoms with van der Waals surface area (Å²) in [4.78, 5) is 14.7. The standard InChI is InChI=1S/C19H25N3O3/c1-4-15-7-5-6-10-22(15)13-14(12-20)19(23)21-17-11-16(24-2)8-9-18(17)25-3/h8-9,11,13,15H,4-7,10H2,1-3H3,(H,21,23)/b14-13-. The Morgan fingerprint density at radius 3 is 2.84 bits per heavy atom. The second-order valence-corrected chi connectivity index (χ2v) is 5.97. The molecule has 134 valence electrons. The van der Waals surface area contributed by atoms with Gasteiger partial charge in [0.2, 0.25) is 0 Å². The zero-order chi connectivity index (χ0) is 18.2. The molecule has 6 heteroatoms.